The highest BCUT2D eigenvalue weighted by Gasteiger charge is 2.19. The molecule has 0 heterocycles. The molecule has 358 valence electrons. The molecule has 0 aromatic heterocycles. The van der Waals surface area contributed by atoms with Crippen LogP contribution in [0.5, 0.6) is 0 Å². The molecule has 0 aliphatic carbocycles. The Hall–Kier alpha value is -2.11. The number of unbranched alkanes of at least 4 members (excludes halogenated alkanes) is 34. The van der Waals surface area contributed by atoms with Gasteiger partial charge in [-0.25, -0.2) is 0 Å². The van der Waals surface area contributed by atoms with E-state index >= 15 is 0 Å². The van der Waals surface area contributed by atoms with Crippen molar-refractivity contribution in [1.29, 1.82) is 0 Å². The minimum atomic E-state index is -0.760. The Morgan fingerprint density at radius 1 is 0.328 bits per heavy atom. The van der Waals surface area contributed by atoms with Crippen LogP contribution in [0.4, 0.5) is 0 Å². The van der Waals surface area contributed by atoms with Crippen LogP contribution in [0.3, 0.4) is 0 Å². The minimum Gasteiger partial charge on any atom is -0.462 e. The Labute approximate surface area is 379 Å². The molecule has 0 radical (unpaired) electrons. The maximum Gasteiger partial charge on any atom is 0.306 e. The highest BCUT2D eigenvalue weighted by Crippen LogP contribution is 2.16. The second kappa shape index (κ2) is 50.5. The largest absolute Gasteiger partial charge is 0.462 e. The Morgan fingerprint density at radius 3 is 0.902 bits per heavy atom. The van der Waals surface area contributed by atoms with Gasteiger partial charge in [0.1, 0.15) is 13.2 Å². The molecule has 0 saturated carbocycles. The Morgan fingerprint density at radius 2 is 0.590 bits per heavy atom. The maximum absolute atomic E-state index is 12.6. The first-order valence-electron chi connectivity index (χ1n) is 26.8. The summed E-state index contributed by atoms with van der Waals surface area (Å²) in [7, 11) is 0. The molecule has 0 N–H and O–H groups in total. The molecule has 0 aromatic rings. The lowest BCUT2D eigenvalue weighted by molar-refractivity contribution is -0.167. The third kappa shape index (κ3) is 48.8. The number of rotatable bonds is 49. The Bertz CT molecular complexity index is 989. The molecule has 1 atom stereocenters. The van der Waals surface area contributed by atoms with Gasteiger partial charge in [-0.1, -0.05) is 244 Å². The topological polar surface area (TPSA) is 78.9 Å². The van der Waals surface area contributed by atoms with Crippen LogP contribution in [0.1, 0.15) is 290 Å². The number of carbonyl (C=O) groups is 3. The fourth-order valence-corrected chi connectivity index (χ4v) is 7.89. The van der Waals surface area contributed by atoms with E-state index < -0.39 is 6.10 Å². The molecule has 6 heteroatoms. The van der Waals surface area contributed by atoms with Gasteiger partial charge in [-0.15, -0.1) is 0 Å². The van der Waals surface area contributed by atoms with Gasteiger partial charge in [0, 0.05) is 19.3 Å². The highest BCUT2D eigenvalue weighted by atomic mass is 16.6. The zero-order valence-corrected chi connectivity index (χ0v) is 40.9. The number of hydrogen-bond donors (Lipinski definition) is 0. The molecule has 0 rings (SSSR count). The average Bonchev–Trinajstić information content (AvgIpc) is 3.26. The molecule has 0 spiro atoms. The van der Waals surface area contributed by atoms with Crippen molar-refractivity contribution in [2.24, 2.45) is 0 Å². The molecule has 0 saturated heterocycles. The minimum absolute atomic E-state index is 0.0669. The van der Waals surface area contributed by atoms with Crippen molar-refractivity contribution in [2.45, 2.75) is 297 Å². The van der Waals surface area contributed by atoms with Gasteiger partial charge in [-0.05, 0) is 51.4 Å². The quantitative estimate of drug-likeness (QED) is 0.0262. The number of allylic oxidation sites excluding steroid dienone is 4. The molecule has 0 bridgehead atoms. The monoisotopic (exact) mass is 859 g/mol. The van der Waals surface area contributed by atoms with Gasteiger partial charge in [-0.2, -0.15) is 0 Å². The molecule has 0 amide bonds. The van der Waals surface area contributed by atoms with Crippen LogP contribution in [0.2, 0.25) is 0 Å². The Balaban J connectivity index is 3.88. The summed E-state index contributed by atoms with van der Waals surface area (Å²) in [6.45, 7) is 6.56. The van der Waals surface area contributed by atoms with E-state index in [0.29, 0.717) is 19.3 Å². The van der Waals surface area contributed by atoms with Crippen LogP contribution in [-0.4, -0.2) is 37.2 Å². The van der Waals surface area contributed by atoms with Crippen LogP contribution >= 0.6 is 0 Å². The normalized spacial score (nSPS) is 12.1. The van der Waals surface area contributed by atoms with E-state index in [1.54, 1.807) is 0 Å². The summed E-state index contributed by atoms with van der Waals surface area (Å²) in [6.07, 6.45) is 58.0. The fourth-order valence-electron chi connectivity index (χ4n) is 7.89. The summed E-state index contributed by atoms with van der Waals surface area (Å²) in [6, 6.07) is 0. The standard InChI is InChI=1S/C55H102O6/c1-4-7-10-13-16-18-19-20-21-22-23-24-25-26-27-28-29-30-31-32-33-34-35-36-37-38-40-42-45-48-54(57)60-51-52(50-59-53(56)47-44-41-15-12-9-6-3)61-55(58)49-46-43-39-17-14-11-8-5-2/h19-20,22-23,52H,4-18,21,24-51H2,1-3H3/b20-19-,23-22-. The Kier molecular flexibility index (Phi) is 48.8. The first-order chi connectivity index (χ1) is 30.0. The van der Waals surface area contributed by atoms with E-state index in [-0.39, 0.29) is 31.1 Å². The van der Waals surface area contributed by atoms with Gasteiger partial charge in [-0.3, -0.25) is 14.4 Å². The van der Waals surface area contributed by atoms with Crippen LogP contribution in [0.15, 0.2) is 24.3 Å². The van der Waals surface area contributed by atoms with Crippen molar-refractivity contribution in [3.8, 4) is 0 Å². The predicted molar refractivity (Wildman–Crippen MR) is 261 cm³/mol. The molecule has 0 aliphatic heterocycles. The third-order valence-corrected chi connectivity index (χ3v) is 12.0. The van der Waals surface area contributed by atoms with Gasteiger partial charge >= 0.3 is 17.9 Å². The van der Waals surface area contributed by atoms with E-state index in [1.165, 1.54) is 186 Å². The molecule has 61 heavy (non-hydrogen) atoms. The van der Waals surface area contributed by atoms with Crippen molar-refractivity contribution in [2.75, 3.05) is 13.2 Å². The van der Waals surface area contributed by atoms with E-state index in [1.807, 2.05) is 0 Å². The summed E-state index contributed by atoms with van der Waals surface area (Å²) in [5.41, 5.74) is 0. The zero-order valence-electron chi connectivity index (χ0n) is 40.9. The lowest BCUT2D eigenvalue weighted by Gasteiger charge is -2.18. The molecule has 1 unspecified atom stereocenters. The van der Waals surface area contributed by atoms with E-state index in [2.05, 4.69) is 45.1 Å². The average molecular weight is 859 g/mol. The number of esters is 3. The van der Waals surface area contributed by atoms with Crippen LogP contribution < -0.4 is 0 Å². The first kappa shape index (κ1) is 58.9. The zero-order chi connectivity index (χ0) is 44.4. The van der Waals surface area contributed by atoms with Crippen LogP contribution in [-0.2, 0) is 28.6 Å². The number of carbonyl (C=O) groups excluding carboxylic acids is 3. The maximum atomic E-state index is 12.6. The van der Waals surface area contributed by atoms with E-state index in [0.717, 1.165) is 64.2 Å². The third-order valence-electron chi connectivity index (χ3n) is 12.0. The summed E-state index contributed by atoms with van der Waals surface area (Å²) in [5.74, 6) is -0.870. The van der Waals surface area contributed by atoms with E-state index in [9.17, 15) is 14.4 Å². The summed E-state index contributed by atoms with van der Waals surface area (Å²) >= 11 is 0. The lowest BCUT2D eigenvalue weighted by atomic mass is 10.0. The van der Waals surface area contributed by atoms with Gasteiger partial charge in [0.25, 0.3) is 0 Å². The fraction of sp³-hybridized carbons (Fsp3) is 0.873. The van der Waals surface area contributed by atoms with Crippen molar-refractivity contribution >= 4 is 17.9 Å². The predicted octanol–water partition coefficient (Wildman–Crippen LogP) is 17.5. The number of ether oxygens (including phenoxy) is 3. The lowest BCUT2D eigenvalue weighted by Crippen LogP contribution is -2.30. The smallest absolute Gasteiger partial charge is 0.306 e. The highest BCUT2D eigenvalue weighted by molar-refractivity contribution is 5.71. The first-order valence-corrected chi connectivity index (χ1v) is 26.8. The van der Waals surface area contributed by atoms with Gasteiger partial charge < -0.3 is 14.2 Å². The summed E-state index contributed by atoms with van der Waals surface area (Å²) in [4.78, 5) is 37.5. The molecule has 0 aliphatic rings. The van der Waals surface area contributed by atoms with Crippen LogP contribution in [0, 0.1) is 0 Å². The molecule has 0 aromatic carbocycles. The second-order valence-electron chi connectivity index (χ2n) is 18.2. The number of hydrogen-bond acceptors (Lipinski definition) is 6. The van der Waals surface area contributed by atoms with Crippen molar-refractivity contribution in [3.63, 3.8) is 0 Å². The van der Waals surface area contributed by atoms with Crippen molar-refractivity contribution < 1.29 is 28.6 Å². The SMILES string of the molecule is CCCCCCC/C=C\C/C=C\CCCCCCCCCCCCCCCCCCCC(=O)OCC(COC(=O)CCCCCCCC)OC(=O)CCCCCCCCCC. The second-order valence-corrected chi connectivity index (χ2v) is 18.2. The van der Waals surface area contributed by atoms with Gasteiger partial charge in [0.2, 0.25) is 0 Å². The summed E-state index contributed by atoms with van der Waals surface area (Å²) in [5, 5.41) is 0. The van der Waals surface area contributed by atoms with Crippen molar-refractivity contribution in [1.82, 2.24) is 0 Å². The van der Waals surface area contributed by atoms with Gasteiger partial charge in [0.05, 0.1) is 0 Å². The van der Waals surface area contributed by atoms with Crippen molar-refractivity contribution in [3.05, 3.63) is 24.3 Å². The van der Waals surface area contributed by atoms with Gasteiger partial charge in [0.15, 0.2) is 6.10 Å². The molecular formula is C55H102O6. The van der Waals surface area contributed by atoms with Crippen LogP contribution in [0.25, 0.3) is 0 Å². The molecule has 6 nitrogen and oxygen atoms in total. The molecular weight excluding hydrogens is 757 g/mol. The molecule has 0 fully saturated rings. The van der Waals surface area contributed by atoms with E-state index in [4.69, 9.17) is 14.2 Å². The summed E-state index contributed by atoms with van der Waals surface area (Å²) < 4.78 is 16.6.